The summed E-state index contributed by atoms with van der Waals surface area (Å²) in [6.45, 7) is 0. The summed E-state index contributed by atoms with van der Waals surface area (Å²) in [7, 11) is 1.46. The van der Waals surface area contributed by atoms with Crippen molar-refractivity contribution in [2.75, 3.05) is 7.05 Å². The molecule has 0 atom stereocenters. The lowest BCUT2D eigenvalue weighted by Gasteiger charge is -2.07. The number of rotatable bonds is 3. The molecule has 0 amide bonds. The molecule has 86 valence electrons. The molecule has 0 fully saturated rings. The quantitative estimate of drug-likeness (QED) is 0.806. The fraction of sp³-hybridized carbons (Fsp3) is 0.182. The Labute approximate surface area is 90.8 Å². The van der Waals surface area contributed by atoms with Gasteiger partial charge in [0.1, 0.15) is 0 Å². The lowest BCUT2D eigenvalue weighted by atomic mass is 10.1. The third-order valence-electron chi connectivity index (χ3n) is 1.91. The smallest absolute Gasteiger partial charge is 0.388 e. The zero-order chi connectivity index (χ0) is 12.2. The summed E-state index contributed by atoms with van der Waals surface area (Å²) in [4.78, 5) is 10.8. The van der Waals surface area contributed by atoms with Crippen molar-refractivity contribution >= 4 is 11.5 Å². The molecule has 0 aliphatic carbocycles. The van der Waals surface area contributed by atoms with Crippen LogP contribution in [0, 0.1) is 0 Å². The lowest BCUT2D eigenvalue weighted by molar-refractivity contribution is -0.165. The number of carbonyl (C=O) groups is 1. The maximum Gasteiger partial charge on any atom is 0.454 e. The van der Waals surface area contributed by atoms with Gasteiger partial charge in [0.15, 0.2) is 0 Å². The third-order valence-corrected chi connectivity index (χ3v) is 1.91. The maximum absolute atomic E-state index is 12.0. The first kappa shape index (κ1) is 12.3. The third kappa shape index (κ3) is 3.12. The summed E-state index contributed by atoms with van der Waals surface area (Å²) in [5, 5.41) is 2.56. The second-order valence-corrected chi connectivity index (χ2v) is 3.04. The minimum absolute atomic E-state index is 0.142. The van der Waals surface area contributed by atoms with Gasteiger partial charge in [0, 0.05) is 18.8 Å². The highest BCUT2D eigenvalue weighted by Crippen LogP contribution is 2.19. The highest BCUT2D eigenvalue weighted by atomic mass is 19.4. The van der Waals surface area contributed by atoms with Crippen molar-refractivity contribution in [3.8, 4) is 0 Å². The first-order valence-electron chi connectivity index (χ1n) is 4.51. The number of ketones is 1. The van der Waals surface area contributed by atoms with Crippen LogP contribution in [-0.2, 0) is 4.79 Å². The molecule has 0 saturated carbocycles. The molecule has 5 heteroatoms. The number of carbonyl (C=O) groups excluding carboxylic acids is 1. The fourth-order valence-electron chi connectivity index (χ4n) is 1.13. The Balaban J connectivity index is 3.00. The minimum Gasteiger partial charge on any atom is -0.388 e. The molecule has 1 N–H and O–H groups in total. The molecule has 0 heterocycles. The van der Waals surface area contributed by atoms with E-state index in [0.29, 0.717) is 11.6 Å². The predicted molar refractivity (Wildman–Crippen MR) is 54.5 cm³/mol. The van der Waals surface area contributed by atoms with Crippen molar-refractivity contribution in [3.63, 3.8) is 0 Å². The van der Waals surface area contributed by atoms with Gasteiger partial charge in [-0.25, -0.2) is 0 Å². The van der Waals surface area contributed by atoms with Gasteiger partial charge in [0.2, 0.25) is 0 Å². The van der Waals surface area contributed by atoms with E-state index in [1.807, 2.05) is 0 Å². The Bertz CT molecular complexity index is 395. The summed E-state index contributed by atoms with van der Waals surface area (Å²) in [6, 6.07) is 8.33. The van der Waals surface area contributed by atoms with E-state index < -0.39 is 12.0 Å². The minimum atomic E-state index is -4.84. The number of nitrogens with one attached hydrogen (secondary N) is 1. The van der Waals surface area contributed by atoms with Crippen LogP contribution in [0.3, 0.4) is 0 Å². The fourth-order valence-corrected chi connectivity index (χ4v) is 1.13. The standard InChI is InChI=1S/C11H10F3NO/c1-15-9(7-10(16)11(12,13)14)8-5-3-2-4-6-8/h2-7,15H,1H3. The maximum atomic E-state index is 12.0. The van der Waals surface area contributed by atoms with E-state index in [4.69, 9.17) is 0 Å². The summed E-state index contributed by atoms with van der Waals surface area (Å²) < 4.78 is 36.1. The van der Waals surface area contributed by atoms with Crippen LogP contribution >= 0.6 is 0 Å². The summed E-state index contributed by atoms with van der Waals surface area (Å²) >= 11 is 0. The lowest BCUT2D eigenvalue weighted by Crippen LogP contribution is -2.22. The van der Waals surface area contributed by atoms with Crippen LogP contribution in [-0.4, -0.2) is 19.0 Å². The van der Waals surface area contributed by atoms with Gasteiger partial charge in [-0.1, -0.05) is 30.3 Å². The molecular formula is C11H10F3NO. The first-order valence-corrected chi connectivity index (χ1v) is 4.51. The molecule has 0 unspecified atom stereocenters. The van der Waals surface area contributed by atoms with Crippen molar-refractivity contribution in [2.24, 2.45) is 0 Å². The predicted octanol–water partition coefficient (Wildman–Crippen LogP) is 2.38. The highest BCUT2D eigenvalue weighted by Gasteiger charge is 2.36. The number of hydrogen-bond acceptors (Lipinski definition) is 2. The molecule has 0 bridgehead atoms. The summed E-state index contributed by atoms with van der Waals surface area (Å²) in [5.74, 6) is -1.87. The van der Waals surface area contributed by atoms with Crippen molar-refractivity contribution in [1.29, 1.82) is 0 Å². The van der Waals surface area contributed by atoms with Gasteiger partial charge in [-0.15, -0.1) is 0 Å². The number of alkyl halides is 3. The Morgan fingerprint density at radius 3 is 2.25 bits per heavy atom. The van der Waals surface area contributed by atoms with Crippen molar-refractivity contribution in [1.82, 2.24) is 5.32 Å². The van der Waals surface area contributed by atoms with Crippen LogP contribution in [0.4, 0.5) is 13.2 Å². The topological polar surface area (TPSA) is 29.1 Å². The number of hydrogen-bond donors (Lipinski definition) is 1. The molecule has 16 heavy (non-hydrogen) atoms. The molecule has 0 spiro atoms. The van der Waals surface area contributed by atoms with Crippen molar-refractivity contribution in [3.05, 3.63) is 42.0 Å². The Kier molecular flexibility index (Phi) is 3.71. The van der Waals surface area contributed by atoms with Crippen LogP contribution < -0.4 is 5.32 Å². The molecule has 0 aromatic heterocycles. The summed E-state index contributed by atoms with van der Waals surface area (Å²) in [6.07, 6.45) is -4.29. The number of halogens is 3. The Hall–Kier alpha value is -1.78. The molecule has 0 aliphatic rings. The average Bonchev–Trinajstić information content (AvgIpc) is 2.25. The molecule has 1 aromatic carbocycles. The molecule has 2 nitrogen and oxygen atoms in total. The highest BCUT2D eigenvalue weighted by molar-refractivity contribution is 6.00. The van der Waals surface area contributed by atoms with Gasteiger partial charge in [-0.3, -0.25) is 4.79 Å². The second-order valence-electron chi connectivity index (χ2n) is 3.04. The van der Waals surface area contributed by atoms with E-state index in [-0.39, 0.29) is 5.70 Å². The van der Waals surface area contributed by atoms with Gasteiger partial charge >= 0.3 is 6.18 Å². The molecule has 0 aliphatic heterocycles. The van der Waals surface area contributed by atoms with E-state index in [0.717, 1.165) is 0 Å². The first-order chi connectivity index (χ1) is 7.45. The molecule has 0 saturated heterocycles. The van der Waals surface area contributed by atoms with Gasteiger partial charge in [0.25, 0.3) is 5.78 Å². The molecule has 1 rings (SSSR count). The monoisotopic (exact) mass is 229 g/mol. The van der Waals surface area contributed by atoms with Crippen molar-refractivity contribution in [2.45, 2.75) is 6.18 Å². The van der Waals surface area contributed by atoms with E-state index in [9.17, 15) is 18.0 Å². The average molecular weight is 229 g/mol. The SMILES string of the molecule is CNC(=CC(=O)C(F)(F)F)c1ccccc1. The van der Waals surface area contributed by atoms with Gasteiger partial charge < -0.3 is 5.32 Å². The zero-order valence-electron chi connectivity index (χ0n) is 8.51. The largest absolute Gasteiger partial charge is 0.454 e. The number of allylic oxidation sites excluding steroid dienone is 1. The van der Waals surface area contributed by atoms with Crippen LogP contribution in [0.15, 0.2) is 36.4 Å². The van der Waals surface area contributed by atoms with Crippen LogP contribution in [0.2, 0.25) is 0 Å². The van der Waals surface area contributed by atoms with Gasteiger partial charge in [-0.2, -0.15) is 13.2 Å². The van der Waals surface area contributed by atoms with E-state index in [1.54, 1.807) is 30.3 Å². The Morgan fingerprint density at radius 1 is 1.25 bits per heavy atom. The van der Waals surface area contributed by atoms with E-state index in [1.165, 1.54) is 7.05 Å². The van der Waals surface area contributed by atoms with Crippen LogP contribution in [0.1, 0.15) is 5.56 Å². The van der Waals surface area contributed by atoms with Crippen LogP contribution in [0.25, 0.3) is 5.70 Å². The summed E-state index contributed by atoms with van der Waals surface area (Å²) in [5.41, 5.74) is 0.672. The van der Waals surface area contributed by atoms with Gasteiger partial charge in [0.05, 0.1) is 0 Å². The molecule has 1 aromatic rings. The van der Waals surface area contributed by atoms with Crippen LogP contribution in [0.5, 0.6) is 0 Å². The Morgan fingerprint density at radius 2 is 1.81 bits per heavy atom. The normalized spacial score (nSPS) is 12.4. The second kappa shape index (κ2) is 4.83. The zero-order valence-corrected chi connectivity index (χ0v) is 8.51. The molecule has 0 radical (unpaired) electrons. The van der Waals surface area contributed by atoms with Gasteiger partial charge in [-0.05, 0) is 5.56 Å². The van der Waals surface area contributed by atoms with E-state index in [2.05, 4.69) is 5.32 Å². The molecular weight excluding hydrogens is 219 g/mol. The van der Waals surface area contributed by atoms with E-state index >= 15 is 0 Å². The number of benzene rings is 1. The van der Waals surface area contributed by atoms with Crippen molar-refractivity contribution < 1.29 is 18.0 Å².